The molecule has 0 bridgehead atoms. The van der Waals surface area contributed by atoms with Gasteiger partial charge < -0.3 is 5.11 Å². The summed E-state index contributed by atoms with van der Waals surface area (Å²) in [4.78, 5) is 8.67. The second-order valence-electron chi connectivity index (χ2n) is 5.14. The zero-order chi connectivity index (χ0) is 16.3. The van der Waals surface area contributed by atoms with Crippen LogP contribution in [-0.2, 0) is 19.0 Å². The van der Waals surface area contributed by atoms with Crippen molar-refractivity contribution in [3.8, 4) is 0 Å². The number of aliphatic hydroxyl groups excluding tert-OH is 1. The number of aryl methyl sites for hydroxylation is 2. The molecule has 22 heavy (non-hydrogen) atoms. The van der Waals surface area contributed by atoms with Crippen LogP contribution in [0.3, 0.4) is 0 Å². The van der Waals surface area contributed by atoms with Gasteiger partial charge >= 0.3 is 6.18 Å². The van der Waals surface area contributed by atoms with Gasteiger partial charge in [0.25, 0.3) is 0 Å². The average Bonchev–Trinajstić information content (AvgIpc) is 2.42. The molecule has 0 amide bonds. The van der Waals surface area contributed by atoms with Gasteiger partial charge in [-0.2, -0.15) is 13.2 Å². The second kappa shape index (κ2) is 6.44. The summed E-state index contributed by atoms with van der Waals surface area (Å²) in [5.41, 5.74) is 2.24. The Morgan fingerprint density at radius 3 is 2.27 bits per heavy atom. The molecule has 2 aromatic rings. The van der Waals surface area contributed by atoms with Crippen LogP contribution in [0.5, 0.6) is 0 Å². The fraction of sp³-hybridized carbons (Fsp3) is 0.375. The molecule has 0 atom stereocenters. The van der Waals surface area contributed by atoms with Gasteiger partial charge in [-0.3, -0.25) is 0 Å². The van der Waals surface area contributed by atoms with Crippen LogP contribution in [0, 0.1) is 13.8 Å². The number of alkyl halides is 3. The third-order valence-electron chi connectivity index (χ3n) is 3.45. The minimum atomic E-state index is -4.35. The highest BCUT2D eigenvalue weighted by atomic mass is 19.4. The molecule has 0 saturated carbocycles. The lowest BCUT2D eigenvalue weighted by atomic mass is 10.1. The maximum atomic E-state index is 12.7. The molecule has 3 nitrogen and oxygen atoms in total. The molecule has 0 unspecified atom stereocenters. The fourth-order valence-corrected chi connectivity index (χ4v) is 2.40. The minimum Gasteiger partial charge on any atom is -0.396 e. The SMILES string of the molecule is Cc1nc(Cc2cccc(C(F)(F)F)c2)nc(C)c1CCO. The first-order valence-electron chi connectivity index (χ1n) is 6.91. The lowest BCUT2D eigenvalue weighted by Crippen LogP contribution is -2.08. The van der Waals surface area contributed by atoms with E-state index in [4.69, 9.17) is 5.11 Å². The van der Waals surface area contributed by atoms with Crippen molar-refractivity contribution in [2.45, 2.75) is 32.9 Å². The third-order valence-corrected chi connectivity index (χ3v) is 3.45. The number of nitrogens with zero attached hydrogens (tertiary/aromatic N) is 2. The number of halogens is 3. The molecule has 0 aliphatic heterocycles. The smallest absolute Gasteiger partial charge is 0.396 e. The minimum absolute atomic E-state index is 0.0119. The van der Waals surface area contributed by atoms with Crippen molar-refractivity contribution in [1.29, 1.82) is 0 Å². The first kappa shape index (κ1) is 16.4. The Hall–Kier alpha value is -1.95. The molecule has 0 aliphatic rings. The molecule has 1 aromatic carbocycles. The Morgan fingerprint density at radius 1 is 1.09 bits per heavy atom. The van der Waals surface area contributed by atoms with Crippen molar-refractivity contribution < 1.29 is 18.3 Å². The predicted molar refractivity (Wildman–Crippen MR) is 76.5 cm³/mol. The van der Waals surface area contributed by atoms with Crippen LogP contribution in [0.1, 0.15) is 33.9 Å². The average molecular weight is 310 g/mol. The molecule has 0 spiro atoms. The summed E-state index contributed by atoms with van der Waals surface area (Å²) in [6.07, 6.45) is -3.64. The third kappa shape index (κ3) is 3.82. The fourth-order valence-electron chi connectivity index (χ4n) is 2.40. The van der Waals surface area contributed by atoms with Crippen LogP contribution in [0.15, 0.2) is 24.3 Å². The van der Waals surface area contributed by atoms with Crippen molar-refractivity contribution in [2.75, 3.05) is 6.61 Å². The number of aliphatic hydroxyl groups is 1. The van der Waals surface area contributed by atoms with E-state index in [0.717, 1.165) is 29.1 Å². The maximum Gasteiger partial charge on any atom is 0.416 e. The zero-order valence-corrected chi connectivity index (χ0v) is 12.4. The molecule has 118 valence electrons. The standard InChI is InChI=1S/C16H17F3N2O/c1-10-14(6-7-22)11(2)21-15(20-10)9-12-4-3-5-13(8-12)16(17,18)19/h3-5,8,22H,6-7,9H2,1-2H3. The van der Waals surface area contributed by atoms with E-state index in [1.165, 1.54) is 6.07 Å². The van der Waals surface area contributed by atoms with E-state index < -0.39 is 11.7 Å². The summed E-state index contributed by atoms with van der Waals surface area (Å²) in [5.74, 6) is 0.482. The first-order valence-corrected chi connectivity index (χ1v) is 6.91. The predicted octanol–water partition coefficient (Wildman–Crippen LogP) is 3.24. The molecule has 0 saturated heterocycles. The molecular weight excluding hydrogens is 293 g/mol. The van der Waals surface area contributed by atoms with E-state index in [-0.39, 0.29) is 13.0 Å². The Balaban J connectivity index is 2.28. The number of hydrogen-bond acceptors (Lipinski definition) is 3. The topological polar surface area (TPSA) is 46.0 Å². The van der Waals surface area contributed by atoms with Gasteiger partial charge in [-0.15, -0.1) is 0 Å². The van der Waals surface area contributed by atoms with Crippen LogP contribution >= 0.6 is 0 Å². The van der Waals surface area contributed by atoms with Gasteiger partial charge in [0.15, 0.2) is 0 Å². The first-order chi connectivity index (χ1) is 10.3. The van der Waals surface area contributed by atoms with E-state index in [1.54, 1.807) is 6.07 Å². The molecule has 1 aromatic heterocycles. The molecule has 1 heterocycles. The van der Waals surface area contributed by atoms with Crippen LogP contribution in [0.4, 0.5) is 13.2 Å². The van der Waals surface area contributed by atoms with Crippen molar-refractivity contribution >= 4 is 0 Å². The largest absolute Gasteiger partial charge is 0.416 e. The highest BCUT2D eigenvalue weighted by Crippen LogP contribution is 2.29. The highest BCUT2D eigenvalue weighted by molar-refractivity contribution is 5.30. The summed E-state index contributed by atoms with van der Waals surface area (Å²) in [5, 5.41) is 9.02. The number of rotatable bonds is 4. The Kier molecular flexibility index (Phi) is 4.81. The summed E-state index contributed by atoms with van der Waals surface area (Å²) in [6.45, 7) is 3.64. The molecular formula is C16H17F3N2O. The summed E-state index contributed by atoms with van der Waals surface area (Å²) < 4.78 is 38.2. The van der Waals surface area contributed by atoms with Gasteiger partial charge in [-0.1, -0.05) is 18.2 Å². The van der Waals surface area contributed by atoms with Gasteiger partial charge in [0, 0.05) is 24.4 Å². The molecule has 1 N–H and O–H groups in total. The van der Waals surface area contributed by atoms with E-state index in [1.807, 2.05) is 13.8 Å². The highest BCUT2D eigenvalue weighted by Gasteiger charge is 2.30. The van der Waals surface area contributed by atoms with Gasteiger partial charge in [0.05, 0.1) is 5.56 Å². The van der Waals surface area contributed by atoms with E-state index >= 15 is 0 Å². The van der Waals surface area contributed by atoms with E-state index in [0.29, 0.717) is 17.8 Å². The van der Waals surface area contributed by atoms with Gasteiger partial charge in [0.2, 0.25) is 0 Å². The Bertz CT molecular complexity index is 646. The van der Waals surface area contributed by atoms with Crippen LogP contribution in [0.2, 0.25) is 0 Å². The Morgan fingerprint density at radius 2 is 1.73 bits per heavy atom. The molecule has 0 fully saturated rings. The van der Waals surface area contributed by atoms with E-state index in [2.05, 4.69) is 9.97 Å². The van der Waals surface area contributed by atoms with E-state index in [9.17, 15) is 13.2 Å². The quantitative estimate of drug-likeness (QED) is 0.943. The van der Waals surface area contributed by atoms with Crippen molar-refractivity contribution in [2.24, 2.45) is 0 Å². The van der Waals surface area contributed by atoms with Gasteiger partial charge in [-0.05, 0) is 37.5 Å². The normalized spacial score (nSPS) is 11.7. The van der Waals surface area contributed by atoms with Crippen LogP contribution in [-0.4, -0.2) is 21.7 Å². The molecule has 6 heteroatoms. The summed E-state index contributed by atoms with van der Waals surface area (Å²) in [6, 6.07) is 5.18. The monoisotopic (exact) mass is 310 g/mol. The maximum absolute atomic E-state index is 12.7. The summed E-state index contributed by atoms with van der Waals surface area (Å²) in [7, 11) is 0. The zero-order valence-electron chi connectivity index (χ0n) is 12.4. The lowest BCUT2D eigenvalue weighted by molar-refractivity contribution is -0.137. The Labute approximate surface area is 126 Å². The lowest BCUT2D eigenvalue weighted by Gasteiger charge is -2.11. The second-order valence-corrected chi connectivity index (χ2v) is 5.14. The summed E-state index contributed by atoms with van der Waals surface area (Å²) >= 11 is 0. The van der Waals surface area contributed by atoms with Gasteiger partial charge in [-0.25, -0.2) is 9.97 Å². The molecule has 2 rings (SSSR count). The number of benzene rings is 1. The van der Waals surface area contributed by atoms with Crippen molar-refractivity contribution in [3.63, 3.8) is 0 Å². The van der Waals surface area contributed by atoms with Gasteiger partial charge in [0.1, 0.15) is 5.82 Å². The number of hydrogen-bond donors (Lipinski definition) is 1. The molecule has 0 aliphatic carbocycles. The van der Waals surface area contributed by atoms with Crippen molar-refractivity contribution in [1.82, 2.24) is 9.97 Å². The molecule has 0 radical (unpaired) electrons. The number of aromatic nitrogens is 2. The van der Waals surface area contributed by atoms with Crippen molar-refractivity contribution in [3.05, 3.63) is 58.2 Å². The van der Waals surface area contributed by atoms with Crippen LogP contribution in [0.25, 0.3) is 0 Å². The van der Waals surface area contributed by atoms with Crippen LogP contribution < -0.4 is 0 Å².